The fraction of sp³-hybridized carbons (Fsp3) is 0.448. The Balaban J connectivity index is 1.58. The van der Waals surface area contributed by atoms with Crippen LogP contribution in [-0.4, -0.2) is 37.5 Å². The fourth-order valence-electron chi connectivity index (χ4n) is 5.67. The minimum Gasteiger partial charge on any atom is -0.376 e. The third-order valence-electron chi connectivity index (χ3n) is 7.42. The Morgan fingerprint density at radius 3 is 2.55 bits per heavy atom. The quantitative estimate of drug-likeness (QED) is 0.529. The number of allylic oxidation sites excluding steroid dienone is 1. The number of amides is 1. The van der Waals surface area contributed by atoms with E-state index in [0.717, 1.165) is 36.4 Å². The minimum atomic E-state index is -4.48. The van der Waals surface area contributed by atoms with Gasteiger partial charge in [-0.2, -0.15) is 13.2 Å². The maximum Gasteiger partial charge on any atom is 0.416 e. The molecule has 1 amide bonds. The average molecular weight is 528 g/mol. The summed E-state index contributed by atoms with van der Waals surface area (Å²) in [6.07, 6.45) is -1.77. The number of Topliss-reactive ketones (excluding diaryl/α,β-unsaturated/α-hetero) is 1. The van der Waals surface area contributed by atoms with Crippen LogP contribution in [0.1, 0.15) is 56.7 Å². The number of nitrogens with zero attached hydrogens (tertiary/aromatic N) is 1. The number of para-hydroxylation sites is 2. The first-order chi connectivity index (χ1) is 18.0. The highest BCUT2D eigenvalue weighted by molar-refractivity contribution is 6.01. The van der Waals surface area contributed by atoms with E-state index in [1.54, 1.807) is 0 Å². The molecule has 0 aromatic heterocycles. The molecule has 2 unspecified atom stereocenters. The Labute approximate surface area is 220 Å². The number of hydrogen-bond acceptors (Lipinski definition) is 5. The zero-order valence-electron chi connectivity index (χ0n) is 21.5. The molecule has 2 atom stereocenters. The third kappa shape index (κ3) is 5.43. The number of benzene rings is 2. The first-order valence-electron chi connectivity index (χ1n) is 13.0. The predicted octanol–water partition coefficient (Wildman–Crippen LogP) is 5.62. The van der Waals surface area contributed by atoms with Crippen molar-refractivity contribution in [3.05, 3.63) is 70.9 Å². The standard InChI is InChI=1S/C29H32F3N3O3/c1-28(2)14-22-26(24(36)15-28)27(18-9-11-19(12-10-18)29(30,31)32)35(23-8-4-3-7-21(23)34-22)17-25(37)33-16-20-6-5-13-38-20/h3-4,7-12,20,27,34H,5-6,13-17H2,1-2H3,(H,33,37). The Hall–Kier alpha value is -3.33. The van der Waals surface area contributed by atoms with Crippen molar-refractivity contribution in [3.8, 4) is 0 Å². The summed E-state index contributed by atoms with van der Waals surface area (Å²) in [5.74, 6) is -0.328. The van der Waals surface area contributed by atoms with Gasteiger partial charge >= 0.3 is 6.18 Å². The van der Waals surface area contributed by atoms with E-state index in [1.165, 1.54) is 12.1 Å². The summed E-state index contributed by atoms with van der Waals surface area (Å²) in [7, 11) is 0. The molecule has 0 spiro atoms. The molecule has 1 aliphatic carbocycles. The molecule has 0 bridgehead atoms. The van der Waals surface area contributed by atoms with Crippen molar-refractivity contribution in [2.45, 2.75) is 57.9 Å². The Morgan fingerprint density at radius 2 is 1.87 bits per heavy atom. The van der Waals surface area contributed by atoms with Gasteiger partial charge in [-0.1, -0.05) is 38.1 Å². The number of anilines is 2. The number of carbonyl (C=O) groups excluding carboxylic acids is 2. The maximum absolute atomic E-state index is 13.7. The fourth-order valence-corrected chi connectivity index (χ4v) is 5.67. The van der Waals surface area contributed by atoms with Gasteiger partial charge in [0.2, 0.25) is 5.91 Å². The number of ether oxygens (including phenoxy) is 1. The number of hydrogen-bond donors (Lipinski definition) is 2. The number of ketones is 1. The molecule has 2 heterocycles. The second-order valence-electron chi connectivity index (χ2n) is 11.1. The molecule has 1 saturated heterocycles. The van der Waals surface area contributed by atoms with Crippen molar-refractivity contribution >= 4 is 23.1 Å². The summed E-state index contributed by atoms with van der Waals surface area (Å²) < 4.78 is 45.7. The van der Waals surface area contributed by atoms with E-state index in [4.69, 9.17) is 4.74 Å². The molecule has 2 aliphatic heterocycles. The molecule has 38 heavy (non-hydrogen) atoms. The molecular weight excluding hydrogens is 495 g/mol. The zero-order valence-corrected chi connectivity index (χ0v) is 21.5. The molecule has 3 aliphatic rings. The van der Waals surface area contributed by atoms with Gasteiger partial charge in [0, 0.05) is 30.8 Å². The molecule has 2 N–H and O–H groups in total. The van der Waals surface area contributed by atoms with E-state index in [9.17, 15) is 22.8 Å². The summed E-state index contributed by atoms with van der Waals surface area (Å²) in [5, 5.41) is 6.39. The van der Waals surface area contributed by atoms with Crippen LogP contribution in [-0.2, 0) is 20.5 Å². The van der Waals surface area contributed by atoms with Gasteiger partial charge in [0.25, 0.3) is 0 Å². The maximum atomic E-state index is 13.7. The van der Waals surface area contributed by atoms with Crippen LogP contribution in [0.25, 0.3) is 0 Å². The van der Waals surface area contributed by atoms with Crippen LogP contribution >= 0.6 is 0 Å². The molecule has 6 nitrogen and oxygen atoms in total. The summed E-state index contributed by atoms with van der Waals surface area (Å²) >= 11 is 0. The highest BCUT2D eigenvalue weighted by Gasteiger charge is 2.42. The predicted molar refractivity (Wildman–Crippen MR) is 139 cm³/mol. The van der Waals surface area contributed by atoms with Crippen LogP contribution in [0.3, 0.4) is 0 Å². The lowest BCUT2D eigenvalue weighted by Gasteiger charge is -2.38. The van der Waals surface area contributed by atoms with Gasteiger partial charge in [-0.3, -0.25) is 9.59 Å². The average Bonchev–Trinajstić information content (AvgIpc) is 3.33. The zero-order chi connectivity index (χ0) is 27.1. The van der Waals surface area contributed by atoms with Crippen molar-refractivity contribution < 1.29 is 27.5 Å². The number of carbonyl (C=O) groups is 2. The van der Waals surface area contributed by atoms with Gasteiger partial charge in [-0.05, 0) is 54.5 Å². The Bertz CT molecular complexity index is 1250. The van der Waals surface area contributed by atoms with Gasteiger partial charge in [0.1, 0.15) is 0 Å². The van der Waals surface area contributed by atoms with Crippen molar-refractivity contribution in [2.24, 2.45) is 5.41 Å². The molecule has 202 valence electrons. The van der Waals surface area contributed by atoms with Crippen LogP contribution < -0.4 is 15.5 Å². The summed E-state index contributed by atoms with van der Waals surface area (Å²) in [5.41, 5.74) is 2.15. The molecule has 9 heteroatoms. The Morgan fingerprint density at radius 1 is 1.13 bits per heavy atom. The normalized spacial score (nSPS) is 22.9. The van der Waals surface area contributed by atoms with Crippen molar-refractivity contribution in [1.29, 1.82) is 0 Å². The lowest BCUT2D eigenvalue weighted by atomic mass is 9.73. The number of halogens is 3. The number of alkyl halides is 3. The van der Waals surface area contributed by atoms with E-state index >= 15 is 0 Å². The summed E-state index contributed by atoms with van der Waals surface area (Å²) in [4.78, 5) is 28.7. The van der Waals surface area contributed by atoms with E-state index < -0.39 is 17.8 Å². The lowest BCUT2D eigenvalue weighted by molar-refractivity contribution is -0.137. The topological polar surface area (TPSA) is 70.7 Å². The van der Waals surface area contributed by atoms with Crippen LogP contribution in [0.4, 0.5) is 24.5 Å². The Kier molecular flexibility index (Phi) is 6.98. The van der Waals surface area contributed by atoms with E-state index in [1.807, 2.05) is 43.0 Å². The largest absolute Gasteiger partial charge is 0.416 e. The molecule has 2 aromatic carbocycles. The lowest BCUT2D eigenvalue weighted by Crippen LogP contribution is -2.43. The number of fused-ring (bicyclic) bond motifs is 1. The van der Waals surface area contributed by atoms with Crippen molar-refractivity contribution in [1.82, 2.24) is 5.32 Å². The van der Waals surface area contributed by atoms with Crippen LogP contribution in [0.5, 0.6) is 0 Å². The first-order valence-corrected chi connectivity index (χ1v) is 13.0. The van der Waals surface area contributed by atoms with Gasteiger partial charge < -0.3 is 20.3 Å². The highest BCUT2D eigenvalue weighted by Crippen LogP contribution is 2.48. The molecular formula is C29H32F3N3O3. The second kappa shape index (κ2) is 10.1. The third-order valence-corrected chi connectivity index (χ3v) is 7.42. The van der Waals surface area contributed by atoms with Crippen LogP contribution in [0.15, 0.2) is 59.8 Å². The van der Waals surface area contributed by atoms with Gasteiger partial charge in [0.05, 0.1) is 35.6 Å². The number of rotatable bonds is 5. The van der Waals surface area contributed by atoms with Gasteiger partial charge in [-0.15, -0.1) is 0 Å². The summed E-state index contributed by atoms with van der Waals surface area (Å²) in [6.45, 7) is 5.04. The van der Waals surface area contributed by atoms with E-state index in [0.29, 0.717) is 42.8 Å². The molecule has 0 radical (unpaired) electrons. The highest BCUT2D eigenvalue weighted by atomic mass is 19.4. The molecule has 2 aromatic rings. The SMILES string of the molecule is CC1(C)CC(=O)C2=C(C1)Nc1ccccc1N(CC(=O)NCC1CCCO1)C2c1ccc(C(F)(F)F)cc1. The molecule has 1 fully saturated rings. The monoisotopic (exact) mass is 527 g/mol. The minimum absolute atomic E-state index is 0.0285. The van der Waals surface area contributed by atoms with E-state index in [2.05, 4.69) is 10.6 Å². The first kappa shape index (κ1) is 26.3. The van der Waals surface area contributed by atoms with E-state index in [-0.39, 0.29) is 29.8 Å². The van der Waals surface area contributed by atoms with Crippen LogP contribution in [0, 0.1) is 5.41 Å². The smallest absolute Gasteiger partial charge is 0.376 e. The molecule has 5 rings (SSSR count). The van der Waals surface area contributed by atoms with Gasteiger partial charge in [0.15, 0.2) is 5.78 Å². The van der Waals surface area contributed by atoms with Gasteiger partial charge in [-0.25, -0.2) is 0 Å². The van der Waals surface area contributed by atoms with Crippen molar-refractivity contribution in [3.63, 3.8) is 0 Å². The van der Waals surface area contributed by atoms with Crippen LogP contribution in [0.2, 0.25) is 0 Å². The summed E-state index contributed by atoms with van der Waals surface area (Å²) in [6, 6.07) is 11.6. The van der Waals surface area contributed by atoms with Crippen molar-refractivity contribution in [2.75, 3.05) is 29.9 Å². The second-order valence-corrected chi connectivity index (χ2v) is 11.1. The molecule has 0 saturated carbocycles. The number of nitrogens with one attached hydrogen (secondary N) is 2.